The molecule has 0 amide bonds. The van der Waals surface area contributed by atoms with Gasteiger partial charge in [-0.05, 0) is 30.5 Å². The van der Waals surface area contributed by atoms with E-state index in [2.05, 4.69) is 29.9 Å². The molecule has 2 aromatic rings. The number of nitrogens with zero attached hydrogens (tertiary/aromatic N) is 2. The van der Waals surface area contributed by atoms with Gasteiger partial charge in [-0.3, -0.25) is 0 Å². The van der Waals surface area contributed by atoms with Gasteiger partial charge in [-0.1, -0.05) is 13.0 Å². The Balaban J connectivity index is 2.72. The monoisotopic (exact) mass is 202 g/mol. The van der Waals surface area contributed by atoms with Crippen molar-refractivity contribution in [3.05, 3.63) is 29.5 Å². The molecule has 2 rings (SSSR count). The van der Waals surface area contributed by atoms with Crippen molar-refractivity contribution in [3.63, 3.8) is 0 Å². The van der Waals surface area contributed by atoms with Crippen LogP contribution in [0.25, 0.3) is 11.0 Å². The number of methoxy groups -OCH3 is 1. The molecule has 1 heterocycles. The van der Waals surface area contributed by atoms with E-state index in [1.54, 1.807) is 13.3 Å². The second-order valence-corrected chi connectivity index (χ2v) is 3.56. The number of benzene rings is 1. The molecule has 0 atom stereocenters. The summed E-state index contributed by atoms with van der Waals surface area (Å²) in [7, 11) is 1.60. The molecular weight excluding hydrogens is 188 g/mol. The van der Waals surface area contributed by atoms with Crippen LogP contribution in [-0.2, 0) is 6.42 Å². The van der Waals surface area contributed by atoms with Crippen LogP contribution >= 0.6 is 0 Å². The Kier molecular flexibility index (Phi) is 2.54. The van der Waals surface area contributed by atoms with Crippen molar-refractivity contribution in [1.29, 1.82) is 0 Å². The van der Waals surface area contributed by atoms with Crippen LogP contribution < -0.4 is 4.74 Å². The van der Waals surface area contributed by atoms with E-state index in [0.29, 0.717) is 5.88 Å². The van der Waals surface area contributed by atoms with Gasteiger partial charge >= 0.3 is 0 Å². The normalized spacial score (nSPS) is 10.6. The van der Waals surface area contributed by atoms with Gasteiger partial charge in [0.15, 0.2) is 0 Å². The third-order valence-corrected chi connectivity index (χ3v) is 2.44. The van der Waals surface area contributed by atoms with Gasteiger partial charge < -0.3 is 4.74 Å². The van der Waals surface area contributed by atoms with Crippen LogP contribution in [0.3, 0.4) is 0 Å². The van der Waals surface area contributed by atoms with Gasteiger partial charge in [0, 0.05) is 0 Å². The zero-order valence-electron chi connectivity index (χ0n) is 9.24. The van der Waals surface area contributed by atoms with Crippen molar-refractivity contribution in [1.82, 2.24) is 9.97 Å². The molecule has 0 aliphatic heterocycles. The summed E-state index contributed by atoms with van der Waals surface area (Å²) in [6, 6.07) is 4.19. The lowest BCUT2D eigenvalue weighted by Crippen LogP contribution is -1.94. The number of ether oxygens (including phenoxy) is 1. The summed E-state index contributed by atoms with van der Waals surface area (Å²) >= 11 is 0. The van der Waals surface area contributed by atoms with Crippen LogP contribution in [0.5, 0.6) is 5.88 Å². The minimum Gasteiger partial charge on any atom is -0.480 e. The van der Waals surface area contributed by atoms with Gasteiger partial charge in [0.25, 0.3) is 0 Å². The van der Waals surface area contributed by atoms with Crippen LogP contribution in [0, 0.1) is 6.92 Å². The van der Waals surface area contributed by atoms with E-state index >= 15 is 0 Å². The first-order chi connectivity index (χ1) is 7.24. The minimum atomic E-state index is 0.565. The van der Waals surface area contributed by atoms with E-state index in [4.69, 9.17) is 4.74 Å². The standard InChI is InChI=1S/C12H14N2O/c1-4-9-5-8(2)6-10-12(9)13-7-11(14-10)15-3/h5-7H,4H2,1-3H3. The van der Waals surface area contributed by atoms with Crippen molar-refractivity contribution in [2.45, 2.75) is 20.3 Å². The van der Waals surface area contributed by atoms with E-state index in [1.165, 1.54) is 11.1 Å². The highest BCUT2D eigenvalue weighted by atomic mass is 16.5. The molecule has 1 aromatic heterocycles. The van der Waals surface area contributed by atoms with Crippen LogP contribution in [-0.4, -0.2) is 17.1 Å². The maximum atomic E-state index is 5.06. The molecule has 0 spiro atoms. The van der Waals surface area contributed by atoms with Gasteiger partial charge in [-0.2, -0.15) is 0 Å². The van der Waals surface area contributed by atoms with Crippen LogP contribution in [0.2, 0.25) is 0 Å². The van der Waals surface area contributed by atoms with E-state index < -0.39 is 0 Å². The first-order valence-electron chi connectivity index (χ1n) is 5.05. The zero-order valence-corrected chi connectivity index (χ0v) is 9.24. The molecule has 1 aromatic carbocycles. The predicted octanol–water partition coefficient (Wildman–Crippen LogP) is 2.51. The summed E-state index contributed by atoms with van der Waals surface area (Å²) < 4.78 is 5.06. The number of fused-ring (bicyclic) bond motifs is 1. The molecule has 0 aliphatic carbocycles. The lowest BCUT2D eigenvalue weighted by molar-refractivity contribution is 0.397. The number of rotatable bonds is 2. The Morgan fingerprint density at radius 1 is 1.33 bits per heavy atom. The molecule has 0 aliphatic rings. The van der Waals surface area contributed by atoms with E-state index in [9.17, 15) is 0 Å². The first kappa shape index (κ1) is 9.90. The van der Waals surface area contributed by atoms with Gasteiger partial charge in [0.1, 0.15) is 0 Å². The topological polar surface area (TPSA) is 35.0 Å². The summed E-state index contributed by atoms with van der Waals surface area (Å²) in [6.07, 6.45) is 2.63. The van der Waals surface area contributed by atoms with E-state index in [-0.39, 0.29) is 0 Å². The predicted molar refractivity (Wildman–Crippen MR) is 60.2 cm³/mol. The van der Waals surface area contributed by atoms with E-state index in [0.717, 1.165) is 17.5 Å². The smallest absolute Gasteiger partial charge is 0.232 e. The van der Waals surface area contributed by atoms with E-state index in [1.807, 2.05) is 6.07 Å². The van der Waals surface area contributed by atoms with Gasteiger partial charge in [0.05, 0.1) is 24.3 Å². The number of hydrogen-bond acceptors (Lipinski definition) is 3. The largest absolute Gasteiger partial charge is 0.480 e. The fourth-order valence-electron chi connectivity index (χ4n) is 1.70. The average molecular weight is 202 g/mol. The summed E-state index contributed by atoms with van der Waals surface area (Å²) in [6.45, 7) is 4.19. The Labute approximate surface area is 89.1 Å². The molecule has 0 bridgehead atoms. The van der Waals surface area contributed by atoms with Crippen molar-refractivity contribution in [3.8, 4) is 5.88 Å². The molecule has 0 saturated heterocycles. The first-order valence-corrected chi connectivity index (χ1v) is 5.05. The zero-order chi connectivity index (χ0) is 10.8. The maximum Gasteiger partial charge on any atom is 0.232 e. The molecule has 0 N–H and O–H groups in total. The Morgan fingerprint density at radius 3 is 2.80 bits per heavy atom. The van der Waals surface area contributed by atoms with Crippen molar-refractivity contribution in [2.24, 2.45) is 0 Å². The van der Waals surface area contributed by atoms with Gasteiger partial charge in [-0.25, -0.2) is 9.97 Å². The molecule has 0 radical (unpaired) electrons. The van der Waals surface area contributed by atoms with Gasteiger partial charge in [0.2, 0.25) is 5.88 Å². The lowest BCUT2D eigenvalue weighted by atomic mass is 10.1. The van der Waals surface area contributed by atoms with Crippen molar-refractivity contribution >= 4 is 11.0 Å². The lowest BCUT2D eigenvalue weighted by Gasteiger charge is -2.06. The second-order valence-electron chi connectivity index (χ2n) is 3.56. The Hall–Kier alpha value is -1.64. The second kappa shape index (κ2) is 3.85. The van der Waals surface area contributed by atoms with Crippen LogP contribution in [0.1, 0.15) is 18.1 Å². The molecule has 0 saturated carbocycles. The van der Waals surface area contributed by atoms with Crippen molar-refractivity contribution in [2.75, 3.05) is 7.11 Å². The molecule has 3 nitrogen and oxygen atoms in total. The molecule has 0 unspecified atom stereocenters. The number of aryl methyl sites for hydroxylation is 2. The molecule has 78 valence electrons. The highest BCUT2D eigenvalue weighted by Gasteiger charge is 2.04. The molecule has 0 fully saturated rings. The number of aromatic nitrogens is 2. The van der Waals surface area contributed by atoms with Crippen LogP contribution in [0.4, 0.5) is 0 Å². The Bertz CT molecular complexity index is 494. The number of hydrogen-bond donors (Lipinski definition) is 0. The highest BCUT2D eigenvalue weighted by molar-refractivity contribution is 5.79. The average Bonchev–Trinajstić information content (AvgIpc) is 2.26. The van der Waals surface area contributed by atoms with Crippen molar-refractivity contribution < 1.29 is 4.74 Å². The molecular formula is C12H14N2O. The summed E-state index contributed by atoms with van der Waals surface area (Å²) in [5.41, 5.74) is 4.33. The molecule has 3 heteroatoms. The summed E-state index contributed by atoms with van der Waals surface area (Å²) in [5.74, 6) is 0.565. The van der Waals surface area contributed by atoms with Gasteiger partial charge in [-0.15, -0.1) is 0 Å². The fraction of sp³-hybridized carbons (Fsp3) is 0.333. The maximum absolute atomic E-state index is 5.06. The summed E-state index contributed by atoms with van der Waals surface area (Å²) in [5, 5.41) is 0. The quantitative estimate of drug-likeness (QED) is 0.750. The Morgan fingerprint density at radius 2 is 2.13 bits per heavy atom. The fourth-order valence-corrected chi connectivity index (χ4v) is 1.70. The highest BCUT2D eigenvalue weighted by Crippen LogP contribution is 2.20. The van der Waals surface area contributed by atoms with Crippen LogP contribution in [0.15, 0.2) is 18.3 Å². The third kappa shape index (κ3) is 1.77. The molecule has 15 heavy (non-hydrogen) atoms. The SMILES string of the molecule is CCc1cc(C)cc2nc(OC)cnc12. The summed E-state index contributed by atoms with van der Waals surface area (Å²) in [4.78, 5) is 8.75. The third-order valence-electron chi connectivity index (χ3n) is 2.44. The minimum absolute atomic E-state index is 0.565.